The molecule has 7 nitrogen and oxygen atoms in total. The van der Waals surface area contributed by atoms with Crippen LogP contribution in [0.4, 0.5) is 5.69 Å². The molecular formula is C20H30N2O5S. The number of amides is 1. The number of nitrogens with zero attached hydrogens (tertiary/aromatic N) is 1. The van der Waals surface area contributed by atoms with Crippen LogP contribution in [0, 0.1) is 5.92 Å². The molecule has 28 heavy (non-hydrogen) atoms. The molecule has 0 atom stereocenters. The van der Waals surface area contributed by atoms with Crippen molar-refractivity contribution in [3.05, 3.63) is 18.2 Å². The Kier molecular flexibility index (Phi) is 6.95. The first kappa shape index (κ1) is 21.1. The highest BCUT2D eigenvalue weighted by molar-refractivity contribution is 7.89. The molecule has 0 spiro atoms. The van der Waals surface area contributed by atoms with E-state index in [0.29, 0.717) is 50.1 Å². The Hall–Kier alpha value is -1.64. The minimum atomic E-state index is -3.64. The zero-order valence-electron chi connectivity index (χ0n) is 16.6. The van der Waals surface area contributed by atoms with Gasteiger partial charge in [0.2, 0.25) is 15.9 Å². The summed E-state index contributed by atoms with van der Waals surface area (Å²) >= 11 is 0. The molecule has 1 saturated heterocycles. The van der Waals surface area contributed by atoms with Crippen molar-refractivity contribution in [2.75, 3.05) is 31.6 Å². The molecule has 1 aromatic rings. The van der Waals surface area contributed by atoms with E-state index in [9.17, 15) is 13.2 Å². The van der Waals surface area contributed by atoms with Gasteiger partial charge >= 0.3 is 0 Å². The van der Waals surface area contributed by atoms with Crippen LogP contribution < -0.4 is 10.1 Å². The lowest BCUT2D eigenvalue weighted by Crippen LogP contribution is -2.40. The van der Waals surface area contributed by atoms with Crippen molar-refractivity contribution in [1.29, 1.82) is 0 Å². The van der Waals surface area contributed by atoms with E-state index in [1.807, 2.05) is 13.8 Å². The highest BCUT2D eigenvalue weighted by atomic mass is 32.2. The third-order valence-electron chi connectivity index (χ3n) is 5.14. The summed E-state index contributed by atoms with van der Waals surface area (Å²) in [6.07, 6.45) is 4.87. The minimum absolute atomic E-state index is 0.0906. The summed E-state index contributed by atoms with van der Waals surface area (Å²) in [4.78, 5) is 12.7. The molecule has 8 heteroatoms. The van der Waals surface area contributed by atoms with Crippen molar-refractivity contribution in [3.8, 4) is 5.75 Å². The van der Waals surface area contributed by atoms with Crippen molar-refractivity contribution in [2.45, 2.75) is 57.0 Å². The van der Waals surface area contributed by atoms with Crippen molar-refractivity contribution < 1.29 is 22.7 Å². The Balaban J connectivity index is 1.82. The van der Waals surface area contributed by atoms with Crippen LogP contribution in [-0.4, -0.2) is 51.0 Å². The Bertz CT molecular complexity index is 782. The number of hydrogen-bond acceptors (Lipinski definition) is 5. The molecule has 0 aromatic heterocycles. The summed E-state index contributed by atoms with van der Waals surface area (Å²) in [7, 11) is -3.64. The van der Waals surface area contributed by atoms with E-state index in [1.165, 1.54) is 29.3 Å². The number of ether oxygens (including phenoxy) is 2. The lowest BCUT2D eigenvalue weighted by Gasteiger charge is -2.26. The van der Waals surface area contributed by atoms with E-state index in [4.69, 9.17) is 9.47 Å². The van der Waals surface area contributed by atoms with Gasteiger partial charge in [0, 0.05) is 19.5 Å². The van der Waals surface area contributed by atoms with Crippen LogP contribution in [0.2, 0.25) is 0 Å². The maximum Gasteiger partial charge on any atom is 0.243 e. The summed E-state index contributed by atoms with van der Waals surface area (Å²) in [5.74, 6) is 0.798. The van der Waals surface area contributed by atoms with Gasteiger partial charge in [0.15, 0.2) is 0 Å². The Morgan fingerprint density at radius 2 is 1.93 bits per heavy atom. The number of anilines is 1. The average molecular weight is 411 g/mol. The molecule has 1 N–H and O–H groups in total. The van der Waals surface area contributed by atoms with Crippen molar-refractivity contribution >= 4 is 21.6 Å². The van der Waals surface area contributed by atoms with Crippen LogP contribution in [0.25, 0.3) is 0 Å². The summed E-state index contributed by atoms with van der Waals surface area (Å²) in [6.45, 7) is 5.22. The van der Waals surface area contributed by atoms with E-state index in [1.54, 1.807) is 6.07 Å². The van der Waals surface area contributed by atoms with Crippen molar-refractivity contribution in [1.82, 2.24) is 4.31 Å². The zero-order valence-corrected chi connectivity index (χ0v) is 17.5. The third-order valence-corrected chi connectivity index (χ3v) is 7.04. The van der Waals surface area contributed by atoms with Gasteiger partial charge < -0.3 is 14.8 Å². The fraction of sp³-hybridized carbons (Fsp3) is 0.650. The van der Waals surface area contributed by atoms with Crippen LogP contribution in [0.1, 0.15) is 46.0 Å². The predicted octanol–water partition coefficient (Wildman–Crippen LogP) is 3.01. The van der Waals surface area contributed by atoms with E-state index in [0.717, 1.165) is 12.8 Å². The Morgan fingerprint density at radius 3 is 2.57 bits per heavy atom. The molecule has 0 unspecified atom stereocenters. The molecule has 2 aliphatic rings. The van der Waals surface area contributed by atoms with Crippen LogP contribution in [0.15, 0.2) is 23.1 Å². The topological polar surface area (TPSA) is 84.9 Å². The Morgan fingerprint density at radius 1 is 1.25 bits per heavy atom. The zero-order chi connectivity index (χ0) is 20.1. The number of rotatable bonds is 7. The fourth-order valence-corrected chi connectivity index (χ4v) is 5.17. The second-order valence-electron chi connectivity index (χ2n) is 7.74. The minimum Gasteiger partial charge on any atom is -0.489 e. The van der Waals surface area contributed by atoms with Gasteiger partial charge in [-0.15, -0.1) is 0 Å². The summed E-state index contributed by atoms with van der Waals surface area (Å²) in [5, 5.41) is 2.89. The normalized spacial score (nSPS) is 19.1. The first-order valence-electron chi connectivity index (χ1n) is 10.0. The summed E-state index contributed by atoms with van der Waals surface area (Å²) in [6, 6.07) is 4.67. The monoisotopic (exact) mass is 410 g/mol. The van der Waals surface area contributed by atoms with E-state index in [2.05, 4.69) is 5.32 Å². The molecule has 156 valence electrons. The number of carbonyl (C=O) groups excluding carboxylic acids is 1. The summed E-state index contributed by atoms with van der Waals surface area (Å²) in [5.41, 5.74) is 0.408. The number of nitrogens with one attached hydrogen (secondary N) is 1. The van der Waals surface area contributed by atoms with Gasteiger partial charge in [-0.25, -0.2) is 8.42 Å². The molecule has 1 aliphatic carbocycles. The molecule has 3 rings (SSSR count). The lowest BCUT2D eigenvalue weighted by atomic mass is 10.0. The van der Waals surface area contributed by atoms with E-state index in [-0.39, 0.29) is 16.9 Å². The SMILES string of the molecule is CC(C)Oc1ccc(S(=O)(=O)N2CCOCC2)cc1NC(=O)CC1CCCC1. The van der Waals surface area contributed by atoms with Gasteiger partial charge in [-0.2, -0.15) is 4.31 Å². The molecular weight excluding hydrogens is 380 g/mol. The molecule has 1 heterocycles. The average Bonchev–Trinajstić information content (AvgIpc) is 3.16. The largest absolute Gasteiger partial charge is 0.489 e. The van der Waals surface area contributed by atoms with Crippen LogP contribution in [-0.2, 0) is 19.6 Å². The van der Waals surface area contributed by atoms with Crippen molar-refractivity contribution in [2.24, 2.45) is 5.92 Å². The number of benzene rings is 1. The van der Waals surface area contributed by atoms with Gasteiger partial charge in [0.25, 0.3) is 0 Å². The first-order chi connectivity index (χ1) is 13.4. The first-order valence-corrected chi connectivity index (χ1v) is 11.5. The molecule has 0 radical (unpaired) electrons. The van der Waals surface area contributed by atoms with Gasteiger partial charge in [-0.05, 0) is 50.8 Å². The molecule has 0 bridgehead atoms. The number of carbonyl (C=O) groups is 1. The molecule has 1 aromatic carbocycles. The number of hydrogen-bond donors (Lipinski definition) is 1. The molecule has 1 saturated carbocycles. The van der Waals surface area contributed by atoms with Crippen LogP contribution >= 0.6 is 0 Å². The highest BCUT2D eigenvalue weighted by Crippen LogP contribution is 2.32. The number of morpholine rings is 1. The smallest absolute Gasteiger partial charge is 0.243 e. The van der Waals surface area contributed by atoms with E-state index >= 15 is 0 Å². The highest BCUT2D eigenvalue weighted by Gasteiger charge is 2.28. The van der Waals surface area contributed by atoms with Gasteiger partial charge in [-0.1, -0.05) is 12.8 Å². The van der Waals surface area contributed by atoms with Crippen molar-refractivity contribution in [3.63, 3.8) is 0 Å². The van der Waals surface area contributed by atoms with Gasteiger partial charge in [-0.3, -0.25) is 4.79 Å². The molecule has 2 fully saturated rings. The predicted molar refractivity (Wildman–Crippen MR) is 107 cm³/mol. The third kappa shape index (κ3) is 5.24. The van der Waals surface area contributed by atoms with Gasteiger partial charge in [0.05, 0.1) is 29.9 Å². The molecule has 1 aliphatic heterocycles. The van der Waals surface area contributed by atoms with Crippen LogP contribution in [0.5, 0.6) is 5.75 Å². The second-order valence-corrected chi connectivity index (χ2v) is 9.68. The molecule has 1 amide bonds. The quantitative estimate of drug-likeness (QED) is 0.747. The fourth-order valence-electron chi connectivity index (χ4n) is 3.74. The maximum atomic E-state index is 13.0. The van der Waals surface area contributed by atoms with E-state index < -0.39 is 10.0 Å². The summed E-state index contributed by atoms with van der Waals surface area (Å²) < 4.78 is 38.4. The van der Waals surface area contributed by atoms with Crippen LogP contribution in [0.3, 0.4) is 0 Å². The number of sulfonamides is 1. The maximum absolute atomic E-state index is 13.0. The lowest BCUT2D eigenvalue weighted by molar-refractivity contribution is -0.117. The Labute approximate surface area is 167 Å². The second kappa shape index (κ2) is 9.24. The van der Waals surface area contributed by atoms with Gasteiger partial charge in [0.1, 0.15) is 5.75 Å². The standard InChI is InChI=1S/C20H30N2O5S/c1-15(2)27-19-8-7-17(28(24,25)22-9-11-26-12-10-22)14-18(19)21-20(23)13-16-5-3-4-6-16/h7-8,14-16H,3-6,9-13H2,1-2H3,(H,21,23).